The Kier molecular flexibility index (Phi) is 6.22. The van der Waals surface area contributed by atoms with Crippen LogP contribution in [0.5, 0.6) is 0 Å². The summed E-state index contributed by atoms with van der Waals surface area (Å²) in [4.78, 5) is 23.4. The first-order chi connectivity index (χ1) is 10.6. The van der Waals surface area contributed by atoms with E-state index in [0.29, 0.717) is 36.9 Å². The summed E-state index contributed by atoms with van der Waals surface area (Å²) in [5.41, 5.74) is 0. The lowest BCUT2D eigenvalue weighted by Gasteiger charge is -2.25. The summed E-state index contributed by atoms with van der Waals surface area (Å²) in [5, 5.41) is 0. The first-order valence-electron chi connectivity index (χ1n) is 8.23. The topological polar surface area (TPSA) is 52.6 Å². The highest BCUT2D eigenvalue weighted by Gasteiger charge is 2.25. The van der Waals surface area contributed by atoms with E-state index < -0.39 is 11.9 Å². The normalized spacial score (nSPS) is 30.8. The molecule has 0 spiro atoms. The molecule has 0 unspecified atom stereocenters. The summed E-state index contributed by atoms with van der Waals surface area (Å²) in [6.07, 6.45) is 12.4. The molecule has 4 heteroatoms. The largest absolute Gasteiger partial charge is 0.457 e. The van der Waals surface area contributed by atoms with E-state index in [0.717, 1.165) is 25.7 Å². The monoisotopic (exact) mass is 306 g/mol. The summed E-state index contributed by atoms with van der Waals surface area (Å²) in [7, 11) is 0. The second kappa shape index (κ2) is 8.16. The van der Waals surface area contributed by atoms with Crippen LogP contribution in [0.1, 0.15) is 39.5 Å². The smallest absolute Gasteiger partial charge is 0.417 e. The van der Waals surface area contributed by atoms with Crippen LogP contribution in [0.2, 0.25) is 0 Å². The van der Waals surface area contributed by atoms with Crippen LogP contribution in [0.4, 0.5) is 0 Å². The first kappa shape index (κ1) is 16.8. The Morgan fingerprint density at radius 1 is 0.955 bits per heavy atom. The number of carbonyl (C=O) groups is 2. The minimum Gasteiger partial charge on any atom is -0.457 e. The van der Waals surface area contributed by atoms with Gasteiger partial charge in [0.2, 0.25) is 0 Å². The number of allylic oxidation sites excluding steroid dienone is 4. The van der Waals surface area contributed by atoms with E-state index >= 15 is 0 Å². The van der Waals surface area contributed by atoms with E-state index in [1.165, 1.54) is 0 Å². The van der Waals surface area contributed by atoms with Crippen molar-refractivity contribution < 1.29 is 19.1 Å². The summed E-state index contributed by atoms with van der Waals surface area (Å²) >= 11 is 0. The molecule has 0 saturated carbocycles. The summed E-state index contributed by atoms with van der Waals surface area (Å²) in [6.45, 7) is 4.83. The van der Waals surface area contributed by atoms with Crippen molar-refractivity contribution in [1.29, 1.82) is 0 Å². The minimum atomic E-state index is -0.860. The van der Waals surface area contributed by atoms with Crippen LogP contribution in [-0.2, 0) is 19.1 Å². The van der Waals surface area contributed by atoms with Crippen molar-refractivity contribution in [3.63, 3.8) is 0 Å². The molecule has 0 aromatic heterocycles. The minimum absolute atomic E-state index is 0.294. The van der Waals surface area contributed by atoms with Crippen LogP contribution in [-0.4, -0.2) is 25.2 Å². The van der Waals surface area contributed by atoms with Gasteiger partial charge in [-0.25, -0.2) is 9.59 Å². The molecule has 0 amide bonds. The van der Waals surface area contributed by atoms with Crippen LogP contribution in [0.25, 0.3) is 0 Å². The lowest BCUT2D eigenvalue weighted by atomic mass is 9.85. The molecule has 122 valence electrons. The molecule has 0 aromatic rings. The maximum absolute atomic E-state index is 11.7. The Hall–Kier alpha value is -1.58. The standard InChI is InChI=1S/C18H26O4/c1-13-7-3-5-9-15(13)11-21-17(19)18(20)22-12-16-10-6-4-8-14(16)2/h3-5,8,13-16H,6-7,9-12H2,1-2H3/t13-,14-,15+,16-/m0/s1. The van der Waals surface area contributed by atoms with Crippen molar-refractivity contribution in [2.45, 2.75) is 39.5 Å². The van der Waals surface area contributed by atoms with Crippen LogP contribution in [0.15, 0.2) is 24.3 Å². The lowest BCUT2D eigenvalue weighted by Crippen LogP contribution is -2.28. The van der Waals surface area contributed by atoms with Gasteiger partial charge in [-0.15, -0.1) is 0 Å². The highest BCUT2D eigenvalue weighted by Crippen LogP contribution is 2.26. The van der Waals surface area contributed by atoms with Crippen LogP contribution in [0, 0.1) is 23.7 Å². The van der Waals surface area contributed by atoms with E-state index in [1.54, 1.807) is 0 Å². The third-order valence-electron chi connectivity index (χ3n) is 4.83. The van der Waals surface area contributed by atoms with E-state index in [2.05, 4.69) is 38.2 Å². The fraction of sp³-hybridized carbons (Fsp3) is 0.667. The van der Waals surface area contributed by atoms with Gasteiger partial charge in [0.1, 0.15) is 0 Å². The predicted molar refractivity (Wildman–Crippen MR) is 84.0 cm³/mol. The van der Waals surface area contributed by atoms with Gasteiger partial charge in [-0.05, 0) is 49.4 Å². The fourth-order valence-electron chi connectivity index (χ4n) is 3.00. The summed E-state index contributed by atoms with van der Waals surface area (Å²) in [6, 6.07) is 0. The van der Waals surface area contributed by atoms with Gasteiger partial charge < -0.3 is 9.47 Å². The van der Waals surface area contributed by atoms with Gasteiger partial charge in [-0.2, -0.15) is 0 Å². The highest BCUT2D eigenvalue weighted by atomic mass is 16.6. The maximum Gasteiger partial charge on any atom is 0.417 e. The molecule has 0 aromatic carbocycles. The molecular formula is C18H26O4. The Labute approximate surface area is 132 Å². The molecule has 0 radical (unpaired) electrons. The van der Waals surface area contributed by atoms with Crippen LogP contribution < -0.4 is 0 Å². The van der Waals surface area contributed by atoms with Crippen molar-refractivity contribution >= 4 is 11.9 Å². The van der Waals surface area contributed by atoms with Gasteiger partial charge >= 0.3 is 11.9 Å². The second-order valence-electron chi connectivity index (χ2n) is 6.50. The first-order valence-corrected chi connectivity index (χ1v) is 8.23. The summed E-state index contributed by atoms with van der Waals surface area (Å²) in [5.74, 6) is -0.270. The Morgan fingerprint density at radius 2 is 1.59 bits per heavy atom. The zero-order valence-electron chi connectivity index (χ0n) is 13.5. The van der Waals surface area contributed by atoms with Crippen molar-refractivity contribution in [2.75, 3.05) is 13.2 Å². The van der Waals surface area contributed by atoms with Gasteiger partial charge in [-0.1, -0.05) is 38.2 Å². The fourth-order valence-corrected chi connectivity index (χ4v) is 3.00. The molecule has 0 bridgehead atoms. The third kappa shape index (κ3) is 4.72. The molecule has 2 rings (SSSR count). The molecule has 2 aliphatic carbocycles. The lowest BCUT2D eigenvalue weighted by molar-refractivity contribution is -0.169. The van der Waals surface area contributed by atoms with E-state index in [-0.39, 0.29) is 0 Å². The van der Waals surface area contributed by atoms with Crippen molar-refractivity contribution in [2.24, 2.45) is 23.7 Å². The molecular weight excluding hydrogens is 280 g/mol. The summed E-state index contributed by atoms with van der Waals surface area (Å²) < 4.78 is 10.2. The zero-order chi connectivity index (χ0) is 15.9. The van der Waals surface area contributed by atoms with Gasteiger partial charge in [0.25, 0.3) is 0 Å². The molecule has 4 atom stereocenters. The van der Waals surface area contributed by atoms with Gasteiger partial charge in [-0.3, -0.25) is 0 Å². The Morgan fingerprint density at radius 3 is 2.23 bits per heavy atom. The van der Waals surface area contributed by atoms with E-state index in [4.69, 9.17) is 9.47 Å². The molecule has 0 N–H and O–H groups in total. The highest BCUT2D eigenvalue weighted by molar-refractivity contribution is 6.29. The molecule has 2 aliphatic rings. The number of hydrogen-bond donors (Lipinski definition) is 0. The van der Waals surface area contributed by atoms with Crippen molar-refractivity contribution in [3.05, 3.63) is 24.3 Å². The number of ether oxygens (including phenoxy) is 2. The van der Waals surface area contributed by atoms with Crippen LogP contribution >= 0.6 is 0 Å². The van der Waals surface area contributed by atoms with Gasteiger partial charge in [0, 0.05) is 0 Å². The van der Waals surface area contributed by atoms with E-state index in [9.17, 15) is 9.59 Å². The average Bonchev–Trinajstić information content (AvgIpc) is 2.52. The molecule has 0 aliphatic heterocycles. The van der Waals surface area contributed by atoms with Gasteiger partial charge in [0.05, 0.1) is 13.2 Å². The molecule has 0 heterocycles. The molecule has 0 fully saturated rings. The number of rotatable bonds is 4. The quantitative estimate of drug-likeness (QED) is 0.454. The molecule has 0 saturated heterocycles. The predicted octanol–water partition coefficient (Wildman–Crippen LogP) is 3.28. The zero-order valence-corrected chi connectivity index (χ0v) is 13.5. The SMILES string of the molecule is C[C@H]1C=CCC[C@H]1COC(=O)C(=O)OC[C@H]1CC=CC[C@@H]1C. The third-order valence-corrected chi connectivity index (χ3v) is 4.83. The Bertz CT molecular complexity index is 436. The number of esters is 2. The van der Waals surface area contributed by atoms with Crippen molar-refractivity contribution in [3.8, 4) is 0 Å². The second-order valence-corrected chi connectivity index (χ2v) is 6.50. The maximum atomic E-state index is 11.7. The van der Waals surface area contributed by atoms with E-state index in [1.807, 2.05) is 0 Å². The number of carbonyl (C=O) groups excluding carboxylic acids is 2. The van der Waals surface area contributed by atoms with Crippen molar-refractivity contribution in [1.82, 2.24) is 0 Å². The molecule has 4 nitrogen and oxygen atoms in total. The average molecular weight is 306 g/mol. The van der Waals surface area contributed by atoms with Crippen LogP contribution in [0.3, 0.4) is 0 Å². The van der Waals surface area contributed by atoms with Gasteiger partial charge in [0.15, 0.2) is 0 Å². The molecule has 22 heavy (non-hydrogen) atoms. The number of hydrogen-bond acceptors (Lipinski definition) is 4. The Balaban J connectivity index is 1.69.